The van der Waals surface area contributed by atoms with Gasteiger partial charge >= 0.3 is 0 Å². The van der Waals surface area contributed by atoms with Crippen molar-refractivity contribution < 1.29 is 9.90 Å². The smallest absolute Gasteiger partial charge is 0.265 e. The number of hydrogen-bond acceptors (Lipinski definition) is 3. The first-order valence-electron chi connectivity index (χ1n) is 5.87. The van der Waals surface area contributed by atoms with Gasteiger partial charge in [0.2, 0.25) is 0 Å². The Balaban J connectivity index is 2.28. The molecule has 2 N–H and O–H groups in total. The van der Waals surface area contributed by atoms with E-state index in [-0.39, 0.29) is 12.5 Å². The quantitative estimate of drug-likeness (QED) is 0.836. The predicted octanol–water partition coefficient (Wildman–Crippen LogP) is 3.31. The summed E-state index contributed by atoms with van der Waals surface area (Å²) in [7, 11) is 0. The summed E-state index contributed by atoms with van der Waals surface area (Å²) >= 11 is 7.36. The number of anilines is 1. The van der Waals surface area contributed by atoms with E-state index in [1.165, 1.54) is 11.3 Å². The summed E-state index contributed by atoms with van der Waals surface area (Å²) in [5, 5.41) is 12.1. The maximum Gasteiger partial charge on any atom is 0.265 e. The predicted molar refractivity (Wildman–Crippen MR) is 82.4 cm³/mol. The van der Waals surface area contributed by atoms with Crippen molar-refractivity contribution in [2.75, 3.05) is 11.9 Å². The zero-order valence-corrected chi connectivity index (χ0v) is 12.3. The van der Waals surface area contributed by atoms with Gasteiger partial charge in [-0.3, -0.25) is 4.79 Å². The third-order valence-electron chi connectivity index (χ3n) is 2.50. The molecule has 102 valence electrons. The van der Waals surface area contributed by atoms with Crippen LogP contribution in [0.25, 0.3) is 0 Å². The summed E-state index contributed by atoms with van der Waals surface area (Å²) in [6, 6.07) is 8.71. The van der Waals surface area contributed by atoms with Crippen LogP contribution >= 0.6 is 22.9 Å². The molecule has 0 atom stereocenters. The van der Waals surface area contributed by atoms with E-state index in [0.717, 1.165) is 4.88 Å². The monoisotopic (exact) mass is 305 g/mol. The number of amides is 1. The number of benzene rings is 1. The minimum absolute atomic E-state index is 0.197. The first kappa shape index (κ1) is 14.6. The number of nitrogens with one attached hydrogen (secondary N) is 1. The third-order valence-corrected chi connectivity index (χ3v) is 3.73. The molecule has 3 nitrogen and oxygen atoms in total. The number of aliphatic hydroxyl groups is 1. The van der Waals surface area contributed by atoms with Crippen LogP contribution in [0, 0.1) is 18.8 Å². The normalized spacial score (nSPS) is 9.75. The zero-order valence-electron chi connectivity index (χ0n) is 10.7. The number of carbonyl (C=O) groups excluding carboxylic acids is 1. The molecule has 0 bridgehead atoms. The molecule has 0 spiro atoms. The fourth-order valence-corrected chi connectivity index (χ4v) is 2.54. The maximum atomic E-state index is 12.1. The van der Waals surface area contributed by atoms with Crippen LogP contribution in [0.2, 0.25) is 5.02 Å². The van der Waals surface area contributed by atoms with Crippen LogP contribution in [0.1, 0.15) is 20.1 Å². The molecule has 2 aromatic rings. The Morgan fingerprint density at radius 2 is 2.20 bits per heavy atom. The van der Waals surface area contributed by atoms with Crippen molar-refractivity contribution in [2.24, 2.45) is 0 Å². The maximum absolute atomic E-state index is 12.1. The van der Waals surface area contributed by atoms with Gasteiger partial charge in [-0.05, 0) is 37.3 Å². The number of hydrogen-bond donors (Lipinski definition) is 2. The molecule has 0 saturated carbocycles. The number of thiophene rings is 1. The summed E-state index contributed by atoms with van der Waals surface area (Å²) in [5.74, 6) is 5.14. The largest absolute Gasteiger partial charge is 0.384 e. The molecule has 0 aliphatic rings. The Labute approximate surface area is 126 Å². The van der Waals surface area contributed by atoms with E-state index in [1.807, 2.05) is 13.0 Å². The van der Waals surface area contributed by atoms with Crippen molar-refractivity contribution >= 4 is 34.5 Å². The average Bonchev–Trinajstić information content (AvgIpc) is 2.85. The highest BCUT2D eigenvalue weighted by molar-refractivity contribution is 7.14. The molecule has 20 heavy (non-hydrogen) atoms. The summed E-state index contributed by atoms with van der Waals surface area (Å²) in [6.45, 7) is 1.71. The van der Waals surface area contributed by atoms with Crippen molar-refractivity contribution in [2.45, 2.75) is 6.92 Å². The second kappa shape index (κ2) is 6.58. The van der Waals surface area contributed by atoms with E-state index in [9.17, 15) is 4.79 Å². The van der Waals surface area contributed by atoms with Gasteiger partial charge in [0.25, 0.3) is 5.91 Å². The van der Waals surface area contributed by atoms with E-state index >= 15 is 0 Å². The minimum Gasteiger partial charge on any atom is -0.384 e. The van der Waals surface area contributed by atoms with Gasteiger partial charge in [-0.25, -0.2) is 0 Å². The van der Waals surface area contributed by atoms with Crippen molar-refractivity contribution in [1.82, 2.24) is 0 Å². The SMILES string of the molecule is Cc1ccc(C(=O)Nc2cc(Cl)ccc2C#CCO)s1. The van der Waals surface area contributed by atoms with Gasteiger partial charge in [0, 0.05) is 15.5 Å². The summed E-state index contributed by atoms with van der Waals surface area (Å²) in [4.78, 5) is 13.8. The molecule has 0 radical (unpaired) electrons. The molecule has 2 rings (SSSR count). The number of halogens is 1. The second-order valence-corrected chi connectivity index (χ2v) is 5.74. The minimum atomic E-state index is -0.236. The van der Waals surface area contributed by atoms with E-state index in [0.29, 0.717) is 21.2 Å². The fourth-order valence-electron chi connectivity index (χ4n) is 1.60. The standard InChI is InChI=1S/C15H12ClNO2S/c1-10-4-7-14(20-10)15(19)17-13-9-12(16)6-5-11(13)3-2-8-18/h4-7,9,18H,8H2,1H3,(H,17,19). The van der Waals surface area contributed by atoms with Gasteiger partial charge < -0.3 is 10.4 Å². The highest BCUT2D eigenvalue weighted by atomic mass is 35.5. The van der Waals surface area contributed by atoms with Gasteiger partial charge in [0.1, 0.15) is 6.61 Å². The van der Waals surface area contributed by atoms with Crippen molar-refractivity contribution in [3.63, 3.8) is 0 Å². The van der Waals surface area contributed by atoms with Gasteiger partial charge in [0.15, 0.2) is 0 Å². The zero-order chi connectivity index (χ0) is 14.5. The topological polar surface area (TPSA) is 49.3 Å². The van der Waals surface area contributed by atoms with Crippen LogP contribution in [0.5, 0.6) is 0 Å². The molecule has 1 heterocycles. The Kier molecular flexibility index (Phi) is 4.80. The van der Waals surface area contributed by atoms with E-state index < -0.39 is 0 Å². The lowest BCUT2D eigenvalue weighted by molar-refractivity contribution is 0.103. The molecular weight excluding hydrogens is 294 g/mol. The van der Waals surface area contributed by atoms with Gasteiger partial charge in [0.05, 0.1) is 10.6 Å². The van der Waals surface area contributed by atoms with E-state index in [1.54, 1.807) is 24.3 Å². The molecule has 0 saturated heterocycles. The molecule has 5 heteroatoms. The Bertz CT molecular complexity index is 697. The highest BCUT2D eigenvalue weighted by Gasteiger charge is 2.10. The lowest BCUT2D eigenvalue weighted by Gasteiger charge is -2.07. The Morgan fingerprint density at radius 1 is 1.40 bits per heavy atom. The second-order valence-electron chi connectivity index (χ2n) is 4.01. The number of rotatable bonds is 2. The number of aliphatic hydroxyl groups excluding tert-OH is 1. The van der Waals surface area contributed by atoms with Crippen LogP contribution < -0.4 is 5.32 Å². The Morgan fingerprint density at radius 3 is 2.85 bits per heavy atom. The first-order chi connectivity index (χ1) is 9.60. The molecule has 0 fully saturated rings. The van der Waals surface area contributed by atoms with Gasteiger partial charge in [-0.2, -0.15) is 0 Å². The molecule has 1 aromatic heterocycles. The number of carbonyl (C=O) groups is 1. The molecule has 1 amide bonds. The van der Waals surface area contributed by atoms with E-state index in [2.05, 4.69) is 17.2 Å². The molecule has 0 unspecified atom stereocenters. The lowest BCUT2D eigenvalue weighted by atomic mass is 10.2. The van der Waals surface area contributed by atoms with Crippen molar-refractivity contribution in [1.29, 1.82) is 0 Å². The molecular formula is C15H12ClNO2S. The van der Waals surface area contributed by atoms with Crippen LogP contribution in [0.4, 0.5) is 5.69 Å². The lowest BCUT2D eigenvalue weighted by Crippen LogP contribution is -2.11. The van der Waals surface area contributed by atoms with Crippen LogP contribution in [-0.2, 0) is 0 Å². The van der Waals surface area contributed by atoms with Crippen molar-refractivity contribution in [3.05, 3.63) is 50.7 Å². The average molecular weight is 306 g/mol. The summed E-state index contributed by atoms with van der Waals surface area (Å²) in [6.07, 6.45) is 0. The summed E-state index contributed by atoms with van der Waals surface area (Å²) < 4.78 is 0. The highest BCUT2D eigenvalue weighted by Crippen LogP contribution is 2.22. The van der Waals surface area contributed by atoms with Crippen LogP contribution in [-0.4, -0.2) is 17.6 Å². The van der Waals surface area contributed by atoms with Crippen LogP contribution in [0.3, 0.4) is 0 Å². The summed E-state index contributed by atoms with van der Waals surface area (Å²) in [5.41, 5.74) is 1.15. The Hall–Kier alpha value is -1.80. The fraction of sp³-hybridized carbons (Fsp3) is 0.133. The van der Waals surface area contributed by atoms with Gasteiger partial charge in [-0.15, -0.1) is 11.3 Å². The molecule has 0 aliphatic heterocycles. The van der Waals surface area contributed by atoms with Crippen LogP contribution in [0.15, 0.2) is 30.3 Å². The van der Waals surface area contributed by atoms with E-state index in [4.69, 9.17) is 16.7 Å². The first-order valence-corrected chi connectivity index (χ1v) is 7.06. The third kappa shape index (κ3) is 3.61. The molecule has 0 aliphatic carbocycles. The van der Waals surface area contributed by atoms with Gasteiger partial charge in [-0.1, -0.05) is 23.4 Å². The van der Waals surface area contributed by atoms with Crippen molar-refractivity contribution in [3.8, 4) is 11.8 Å². The number of aryl methyl sites for hydroxylation is 1. The molecule has 1 aromatic carbocycles.